The number of nitro groups is 2. The molecule has 11 heteroatoms. The largest absolute Gasteiger partial charge is 0.326 e. The van der Waals surface area contributed by atoms with E-state index in [0.717, 1.165) is 23.9 Å². The monoisotopic (exact) mass is 387 g/mol. The molecule has 0 saturated carbocycles. The van der Waals surface area contributed by atoms with Crippen LogP contribution in [-0.2, 0) is 4.79 Å². The summed E-state index contributed by atoms with van der Waals surface area (Å²) in [5.41, 5.74) is -0.638. The van der Waals surface area contributed by atoms with Crippen LogP contribution in [0.4, 0.5) is 17.1 Å². The number of halogens is 2. The van der Waals surface area contributed by atoms with E-state index in [0.29, 0.717) is 11.3 Å². The van der Waals surface area contributed by atoms with E-state index >= 15 is 0 Å². The van der Waals surface area contributed by atoms with E-state index < -0.39 is 21.2 Å². The number of rotatable bonds is 6. The van der Waals surface area contributed by atoms with Gasteiger partial charge >= 0.3 is 0 Å². The van der Waals surface area contributed by atoms with Crippen molar-refractivity contribution in [1.82, 2.24) is 0 Å². The highest BCUT2D eigenvalue weighted by Gasteiger charge is 2.22. The maximum Gasteiger partial charge on any atom is 0.290 e. The fourth-order valence-electron chi connectivity index (χ4n) is 1.78. The number of hydrogen-bond acceptors (Lipinski definition) is 6. The number of hydrogen-bond donors (Lipinski definition) is 1. The lowest BCUT2D eigenvalue weighted by Gasteiger charge is -2.11. The average Bonchev–Trinajstić information content (AvgIpc) is 2.54. The minimum Gasteiger partial charge on any atom is -0.326 e. The van der Waals surface area contributed by atoms with E-state index in [1.54, 1.807) is 0 Å². The van der Waals surface area contributed by atoms with Gasteiger partial charge in [0.1, 0.15) is 0 Å². The Morgan fingerprint density at radius 1 is 1.04 bits per heavy atom. The Bertz CT molecular complexity index is 847. The number of nitro benzene ring substituents is 2. The smallest absolute Gasteiger partial charge is 0.290 e. The van der Waals surface area contributed by atoms with E-state index in [-0.39, 0.29) is 20.6 Å². The van der Waals surface area contributed by atoms with E-state index in [9.17, 15) is 25.0 Å². The summed E-state index contributed by atoms with van der Waals surface area (Å²) in [6, 6.07) is 6.27. The molecule has 0 fully saturated rings. The summed E-state index contributed by atoms with van der Waals surface area (Å²) >= 11 is 12.8. The van der Waals surface area contributed by atoms with Gasteiger partial charge in [-0.25, -0.2) is 0 Å². The lowest BCUT2D eigenvalue weighted by molar-refractivity contribution is -0.396. The summed E-state index contributed by atoms with van der Waals surface area (Å²) in [4.78, 5) is 31.8. The van der Waals surface area contributed by atoms with Gasteiger partial charge in [0, 0.05) is 11.0 Å². The van der Waals surface area contributed by atoms with E-state index in [2.05, 4.69) is 5.32 Å². The molecule has 1 amide bonds. The van der Waals surface area contributed by atoms with Crippen LogP contribution < -0.4 is 5.32 Å². The summed E-state index contributed by atoms with van der Waals surface area (Å²) in [5.74, 6) is 0. The van der Waals surface area contributed by atoms with Crippen molar-refractivity contribution in [2.45, 2.75) is 9.79 Å². The van der Waals surface area contributed by atoms with E-state index in [1.165, 1.54) is 18.2 Å². The third-order valence-electron chi connectivity index (χ3n) is 2.83. The molecule has 0 aliphatic heterocycles. The molecule has 0 spiro atoms. The molecule has 0 aromatic heterocycles. The van der Waals surface area contributed by atoms with Gasteiger partial charge < -0.3 is 5.32 Å². The van der Waals surface area contributed by atoms with Crippen LogP contribution in [0.3, 0.4) is 0 Å². The third kappa shape index (κ3) is 3.75. The Morgan fingerprint density at radius 3 is 2.29 bits per heavy atom. The van der Waals surface area contributed by atoms with Gasteiger partial charge in [-0.05, 0) is 18.2 Å². The van der Waals surface area contributed by atoms with Crippen LogP contribution in [0.1, 0.15) is 0 Å². The Balaban J connectivity index is 2.52. The minimum atomic E-state index is -0.723. The summed E-state index contributed by atoms with van der Waals surface area (Å²) in [7, 11) is 0. The summed E-state index contributed by atoms with van der Waals surface area (Å²) in [6.07, 6.45) is 0.395. The zero-order valence-electron chi connectivity index (χ0n) is 11.6. The highest BCUT2D eigenvalue weighted by Crippen LogP contribution is 2.43. The van der Waals surface area contributed by atoms with Crippen molar-refractivity contribution < 1.29 is 14.6 Å². The first-order valence-corrected chi connectivity index (χ1v) is 7.71. The molecule has 0 aliphatic carbocycles. The molecule has 8 nitrogen and oxygen atoms in total. The Kier molecular flexibility index (Phi) is 5.60. The quantitative estimate of drug-likeness (QED) is 0.442. The lowest BCUT2D eigenvalue weighted by Crippen LogP contribution is -1.98. The maximum absolute atomic E-state index is 11.2. The molecule has 0 bridgehead atoms. The molecule has 124 valence electrons. The zero-order chi connectivity index (χ0) is 17.9. The molecule has 0 atom stereocenters. The number of benzene rings is 2. The standard InChI is InChI=1S/C13H7Cl2N3O5S/c14-8-2-4-11(13(12(8)15)16-6-19)24-10-3-1-7(17(20)21)5-9(10)18(22)23/h1-6H,(H,16,19). The van der Waals surface area contributed by atoms with Crippen molar-refractivity contribution in [3.63, 3.8) is 0 Å². The van der Waals surface area contributed by atoms with Crippen LogP contribution in [0, 0.1) is 20.2 Å². The molecule has 0 aliphatic rings. The Labute approximate surface area is 149 Å². The van der Waals surface area contributed by atoms with Crippen LogP contribution in [0.2, 0.25) is 10.0 Å². The highest BCUT2D eigenvalue weighted by molar-refractivity contribution is 7.99. The number of amides is 1. The summed E-state index contributed by atoms with van der Waals surface area (Å²) < 4.78 is 0. The molecule has 2 aromatic carbocycles. The second-order valence-corrected chi connectivity index (χ2v) is 6.13. The molecule has 2 aromatic rings. The van der Waals surface area contributed by atoms with Crippen LogP contribution in [0.15, 0.2) is 40.1 Å². The summed E-state index contributed by atoms with van der Waals surface area (Å²) in [5, 5.41) is 24.6. The predicted octanol–water partition coefficient (Wildman–Crippen LogP) is 4.53. The topological polar surface area (TPSA) is 115 Å². The van der Waals surface area contributed by atoms with Crippen molar-refractivity contribution >= 4 is 58.4 Å². The van der Waals surface area contributed by atoms with E-state index in [1.807, 2.05) is 0 Å². The van der Waals surface area contributed by atoms with Crippen LogP contribution in [0.5, 0.6) is 0 Å². The molecule has 0 saturated heterocycles. The number of nitrogens with zero attached hydrogens (tertiary/aromatic N) is 2. The molecular formula is C13H7Cl2N3O5S. The van der Waals surface area contributed by atoms with Crippen LogP contribution in [-0.4, -0.2) is 16.3 Å². The molecule has 0 heterocycles. The van der Waals surface area contributed by atoms with Gasteiger partial charge in [0.05, 0.1) is 36.5 Å². The fourth-order valence-corrected chi connectivity index (χ4v) is 3.22. The predicted molar refractivity (Wildman–Crippen MR) is 90.0 cm³/mol. The van der Waals surface area contributed by atoms with Gasteiger partial charge in [0.15, 0.2) is 0 Å². The van der Waals surface area contributed by atoms with Crippen molar-refractivity contribution in [3.05, 3.63) is 60.6 Å². The average molecular weight is 388 g/mol. The van der Waals surface area contributed by atoms with Crippen LogP contribution in [0.25, 0.3) is 0 Å². The van der Waals surface area contributed by atoms with Gasteiger partial charge in [-0.1, -0.05) is 35.0 Å². The first-order chi connectivity index (χ1) is 11.3. The maximum atomic E-state index is 11.2. The lowest BCUT2D eigenvalue weighted by atomic mass is 10.3. The third-order valence-corrected chi connectivity index (χ3v) is 4.76. The first kappa shape index (κ1) is 18.0. The highest BCUT2D eigenvalue weighted by atomic mass is 35.5. The molecule has 2 rings (SSSR count). The number of carbonyl (C=O) groups is 1. The number of nitrogens with one attached hydrogen (secondary N) is 1. The molecule has 0 unspecified atom stereocenters. The van der Waals surface area contributed by atoms with Gasteiger partial charge in [0.2, 0.25) is 6.41 Å². The number of non-ortho nitro benzene ring substituents is 1. The van der Waals surface area contributed by atoms with Gasteiger partial charge in [-0.15, -0.1) is 0 Å². The summed E-state index contributed by atoms with van der Waals surface area (Å²) in [6.45, 7) is 0. The second-order valence-electron chi connectivity index (χ2n) is 4.27. The number of carbonyl (C=O) groups excluding carboxylic acids is 1. The fraction of sp³-hybridized carbons (Fsp3) is 0. The molecule has 1 N–H and O–H groups in total. The normalized spacial score (nSPS) is 10.2. The van der Waals surface area contributed by atoms with Gasteiger partial charge in [-0.2, -0.15) is 0 Å². The molecule has 24 heavy (non-hydrogen) atoms. The van der Waals surface area contributed by atoms with Crippen molar-refractivity contribution in [3.8, 4) is 0 Å². The van der Waals surface area contributed by atoms with Crippen molar-refractivity contribution in [2.24, 2.45) is 0 Å². The zero-order valence-corrected chi connectivity index (χ0v) is 13.9. The SMILES string of the molecule is O=CNc1c(Sc2ccc([N+](=O)[O-])cc2[N+](=O)[O-])ccc(Cl)c1Cl. The Hall–Kier alpha value is -2.36. The molecular weight excluding hydrogens is 381 g/mol. The van der Waals surface area contributed by atoms with Crippen molar-refractivity contribution in [1.29, 1.82) is 0 Å². The first-order valence-electron chi connectivity index (χ1n) is 6.14. The molecule has 0 radical (unpaired) electrons. The van der Waals surface area contributed by atoms with Crippen molar-refractivity contribution in [2.75, 3.05) is 5.32 Å². The van der Waals surface area contributed by atoms with Gasteiger partial charge in [0.25, 0.3) is 11.4 Å². The Morgan fingerprint density at radius 2 is 1.71 bits per heavy atom. The number of anilines is 1. The van der Waals surface area contributed by atoms with E-state index in [4.69, 9.17) is 23.2 Å². The minimum absolute atomic E-state index is 0.0818. The van der Waals surface area contributed by atoms with Gasteiger partial charge in [-0.3, -0.25) is 25.0 Å². The second kappa shape index (κ2) is 7.47. The van der Waals surface area contributed by atoms with Crippen LogP contribution >= 0.6 is 35.0 Å².